The normalized spacial score (nSPS) is 19.6. The number of fused-ring (bicyclic) bond motifs is 1. The Morgan fingerprint density at radius 1 is 1.00 bits per heavy atom. The van der Waals surface area contributed by atoms with Crippen molar-refractivity contribution in [2.75, 3.05) is 6.54 Å². The second kappa shape index (κ2) is 7.05. The molecule has 1 fully saturated rings. The van der Waals surface area contributed by atoms with Crippen LogP contribution >= 0.6 is 0 Å². The summed E-state index contributed by atoms with van der Waals surface area (Å²) in [6, 6.07) is 13.3. The van der Waals surface area contributed by atoms with Gasteiger partial charge in [-0.1, -0.05) is 42.0 Å². The molecule has 2 aromatic carbocycles. The molecule has 0 aliphatic carbocycles. The molecule has 2 aliphatic heterocycles. The van der Waals surface area contributed by atoms with Crippen LogP contribution < -0.4 is 0 Å². The molecule has 7 heteroatoms. The van der Waals surface area contributed by atoms with Gasteiger partial charge in [0, 0.05) is 19.5 Å². The molecule has 146 valence electrons. The van der Waals surface area contributed by atoms with Crippen LogP contribution in [0.4, 0.5) is 0 Å². The van der Waals surface area contributed by atoms with Crippen LogP contribution in [-0.4, -0.2) is 42.0 Å². The third-order valence-corrected chi connectivity index (χ3v) is 7.31. The molecule has 0 aromatic heterocycles. The van der Waals surface area contributed by atoms with Gasteiger partial charge < -0.3 is 4.90 Å². The lowest BCUT2D eigenvalue weighted by Crippen LogP contribution is -2.50. The van der Waals surface area contributed by atoms with E-state index in [0.717, 1.165) is 21.9 Å². The zero-order valence-corrected chi connectivity index (χ0v) is 16.5. The van der Waals surface area contributed by atoms with Crippen LogP contribution in [-0.2, 0) is 32.6 Å². The van der Waals surface area contributed by atoms with Crippen molar-refractivity contribution in [2.24, 2.45) is 0 Å². The maximum atomic E-state index is 13.2. The van der Waals surface area contributed by atoms with Crippen molar-refractivity contribution >= 4 is 21.8 Å². The Balaban J connectivity index is 1.61. The van der Waals surface area contributed by atoms with Gasteiger partial charge in [0.05, 0.1) is 4.90 Å². The van der Waals surface area contributed by atoms with E-state index in [1.165, 1.54) is 17.7 Å². The Labute approximate surface area is 164 Å². The first-order valence-corrected chi connectivity index (χ1v) is 10.8. The number of sulfonamides is 1. The number of aryl methyl sites for hydroxylation is 1. The largest absolute Gasteiger partial charge is 0.336 e. The number of benzene rings is 2. The predicted octanol–water partition coefficient (Wildman–Crippen LogP) is 2.26. The molecular formula is C21H22N2O4S. The summed E-state index contributed by atoms with van der Waals surface area (Å²) in [6.07, 6.45) is 1.01. The Bertz CT molecular complexity index is 1030. The standard InChI is InChI=1S/C21H22N2O4S/c1-15-6-8-18(9-7-15)28(26,27)23-19(10-11-20(23)24)21(25)22-13-12-16-4-2-3-5-17(16)14-22/h2-9,19H,10-14H2,1H3. The molecule has 28 heavy (non-hydrogen) atoms. The van der Waals surface area contributed by atoms with Crippen molar-refractivity contribution in [1.82, 2.24) is 9.21 Å². The fraction of sp³-hybridized carbons (Fsp3) is 0.333. The van der Waals surface area contributed by atoms with Gasteiger partial charge in [0.15, 0.2) is 0 Å². The van der Waals surface area contributed by atoms with Gasteiger partial charge in [-0.25, -0.2) is 12.7 Å². The van der Waals surface area contributed by atoms with E-state index in [1.807, 2.05) is 31.2 Å². The Kier molecular flexibility index (Phi) is 4.71. The lowest BCUT2D eigenvalue weighted by Gasteiger charge is -2.33. The van der Waals surface area contributed by atoms with Crippen molar-refractivity contribution < 1.29 is 18.0 Å². The molecule has 6 nitrogen and oxygen atoms in total. The number of rotatable bonds is 3. The van der Waals surface area contributed by atoms with Crippen molar-refractivity contribution in [1.29, 1.82) is 0 Å². The highest BCUT2D eigenvalue weighted by molar-refractivity contribution is 7.89. The first kappa shape index (κ1) is 18.7. The number of hydrogen-bond acceptors (Lipinski definition) is 4. The maximum absolute atomic E-state index is 13.2. The van der Waals surface area contributed by atoms with Crippen molar-refractivity contribution in [3.8, 4) is 0 Å². The van der Waals surface area contributed by atoms with Crippen molar-refractivity contribution in [3.05, 3.63) is 65.2 Å². The van der Waals surface area contributed by atoms with Crippen LogP contribution in [0.25, 0.3) is 0 Å². The van der Waals surface area contributed by atoms with Gasteiger partial charge in [0.2, 0.25) is 11.8 Å². The van der Waals surface area contributed by atoms with Crippen LogP contribution in [0, 0.1) is 6.92 Å². The number of carbonyl (C=O) groups is 2. The second-order valence-electron chi connectivity index (χ2n) is 7.34. The van der Waals surface area contributed by atoms with Crippen molar-refractivity contribution in [3.63, 3.8) is 0 Å². The molecule has 1 unspecified atom stereocenters. The molecule has 0 saturated carbocycles. The minimum absolute atomic E-state index is 0.0372. The summed E-state index contributed by atoms with van der Waals surface area (Å²) in [5, 5.41) is 0. The predicted molar refractivity (Wildman–Crippen MR) is 104 cm³/mol. The topological polar surface area (TPSA) is 74.8 Å². The third kappa shape index (κ3) is 3.20. The first-order chi connectivity index (χ1) is 13.4. The van der Waals surface area contributed by atoms with E-state index in [1.54, 1.807) is 17.0 Å². The van der Waals surface area contributed by atoms with E-state index in [2.05, 4.69) is 0 Å². The van der Waals surface area contributed by atoms with Gasteiger partial charge >= 0.3 is 0 Å². The van der Waals surface area contributed by atoms with Gasteiger partial charge in [-0.2, -0.15) is 0 Å². The molecule has 0 bridgehead atoms. The Morgan fingerprint density at radius 3 is 2.39 bits per heavy atom. The average molecular weight is 398 g/mol. The highest BCUT2D eigenvalue weighted by atomic mass is 32.2. The van der Waals surface area contributed by atoms with E-state index in [0.29, 0.717) is 13.1 Å². The van der Waals surface area contributed by atoms with Gasteiger partial charge in [-0.3, -0.25) is 9.59 Å². The molecule has 2 heterocycles. The van der Waals surface area contributed by atoms with Gasteiger partial charge in [-0.15, -0.1) is 0 Å². The molecule has 1 atom stereocenters. The molecule has 0 radical (unpaired) electrons. The maximum Gasteiger partial charge on any atom is 0.267 e. The summed E-state index contributed by atoms with van der Waals surface area (Å²) in [4.78, 5) is 27.3. The third-order valence-electron chi connectivity index (χ3n) is 5.47. The van der Waals surface area contributed by atoms with Gasteiger partial charge in [-0.05, 0) is 43.0 Å². The lowest BCUT2D eigenvalue weighted by atomic mass is 9.99. The van der Waals surface area contributed by atoms with Crippen LogP contribution in [0.15, 0.2) is 53.4 Å². The summed E-state index contributed by atoms with van der Waals surface area (Å²) >= 11 is 0. The minimum Gasteiger partial charge on any atom is -0.336 e. The molecule has 0 spiro atoms. The average Bonchev–Trinajstić information content (AvgIpc) is 3.09. The molecule has 2 aliphatic rings. The number of nitrogens with zero attached hydrogens (tertiary/aromatic N) is 2. The van der Waals surface area contributed by atoms with E-state index in [9.17, 15) is 18.0 Å². The Morgan fingerprint density at radius 2 is 1.68 bits per heavy atom. The fourth-order valence-corrected chi connectivity index (χ4v) is 5.50. The molecule has 0 N–H and O–H groups in total. The summed E-state index contributed by atoms with van der Waals surface area (Å²) in [6.45, 7) is 2.83. The lowest BCUT2D eigenvalue weighted by molar-refractivity contribution is -0.138. The van der Waals surface area contributed by atoms with Crippen molar-refractivity contribution in [2.45, 2.75) is 43.7 Å². The summed E-state index contributed by atoms with van der Waals surface area (Å²) in [5.41, 5.74) is 3.20. The number of carbonyl (C=O) groups excluding carboxylic acids is 2. The smallest absolute Gasteiger partial charge is 0.267 e. The summed E-state index contributed by atoms with van der Waals surface area (Å²) in [5.74, 6) is -0.813. The zero-order valence-electron chi connectivity index (χ0n) is 15.7. The molecule has 2 amide bonds. The number of amides is 2. The van der Waals surface area contributed by atoms with Gasteiger partial charge in [0.1, 0.15) is 6.04 Å². The van der Waals surface area contributed by atoms with E-state index in [4.69, 9.17) is 0 Å². The quantitative estimate of drug-likeness (QED) is 0.795. The fourth-order valence-electron chi connectivity index (χ4n) is 3.91. The SMILES string of the molecule is Cc1ccc(S(=O)(=O)N2C(=O)CCC2C(=O)N2CCc3ccccc3C2)cc1. The van der Waals surface area contributed by atoms with Crippen LogP contribution in [0.1, 0.15) is 29.5 Å². The van der Waals surface area contributed by atoms with E-state index in [-0.39, 0.29) is 23.6 Å². The second-order valence-corrected chi connectivity index (χ2v) is 9.16. The van der Waals surface area contributed by atoms with Crippen LogP contribution in [0.2, 0.25) is 0 Å². The van der Waals surface area contributed by atoms with Crippen LogP contribution in [0.3, 0.4) is 0 Å². The van der Waals surface area contributed by atoms with E-state index >= 15 is 0 Å². The highest BCUT2D eigenvalue weighted by Crippen LogP contribution is 2.30. The van der Waals surface area contributed by atoms with Gasteiger partial charge in [0.25, 0.3) is 10.0 Å². The molecular weight excluding hydrogens is 376 g/mol. The number of hydrogen-bond donors (Lipinski definition) is 0. The molecule has 2 aromatic rings. The first-order valence-electron chi connectivity index (χ1n) is 9.37. The summed E-state index contributed by atoms with van der Waals surface area (Å²) < 4.78 is 27.0. The monoisotopic (exact) mass is 398 g/mol. The van der Waals surface area contributed by atoms with Crippen LogP contribution in [0.5, 0.6) is 0 Å². The molecule has 4 rings (SSSR count). The highest BCUT2D eigenvalue weighted by Gasteiger charge is 2.45. The zero-order chi connectivity index (χ0) is 19.9. The van der Waals surface area contributed by atoms with E-state index < -0.39 is 22.0 Å². The Hall–Kier alpha value is -2.67. The molecule has 1 saturated heterocycles. The summed E-state index contributed by atoms with van der Waals surface area (Å²) in [7, 11) is -4.06. The minimum atomic E-state index is -4.06.